The molecule has 2 heterocycles. The third-order valence-corrected chi connectivity index (χ3v) is 6.54. The molecule has 33 heavy (non-hydrogen) atoms. The van der Waals surface area contributed by atoms with E-state index >= 15 is 0 Å². The summed E-state index contributed by atoms with van der Waals surface area (Å²) in [5.41, 5.74) is 2.93. The van der Waals surface area contributed by atoms with Gasteiger partial charge >= 0.3 is 0 Å². The highest BCUT2D eigenvalue weighted by molar-refractivity contribution is 6.32. The molecule has 0 spiro atoms. The monoisotopic (exact) mass is 460 g/mol. The lowest BCUT2D eigenvalue weighted by Crippen LogP contribution is -2.67. The number of aryl methyl sites for hydroxylation is 1. The number of hydrogen-bond donors (Lipinski definition) is 0. The van der Waals surface area contributed by atoms with E-state index in [0.717, 1.165) is 16.0 Å². The van der Waals surface area contributed by atoms with Gasteiger partial charge in [-0.15, -0.1) is 0 Å². The van der Waals surface area contributed by atoms with Crippen molar-refractivity contribution in [1.82, 2.24) is 4.90 Å². The van der Waals surface area contributed by atoms with Crippen molar-refractivity contribution in [1.29, 1.82) is 0 Å². The Morgan fingerprint density at radius 3 is 2.06 bits per heavy atom. The molecule has 0 bridgehead atoms. The largest absolute Gasteiger partial charge is 0.494 e. The molecule has 2 atom stereocenters. The number of hydrogen-bond acceptors (Lipinski definition) is 4. The van der Waals surface area contributed by atoms with Gasteiger partial charge in [-0.05, 0) is 61.4 Å². The van der Waals surface area contributed by atoms with Crippen molar-refractivity contribution in [3.05, 3.63) is 94.0 Å². The average Bonchev–Trinajstić information content (AvgIpc) is 3.06. The maximum atomic E-state index is 13.5. The number of amides is 3. The number of β-lactam (4-membered cyclic amide) rings is 1. The van der Waals surface area contributed by atoms with Crippen LogP contribution in [0.1, 0.15) is 44.8 Å². The van der Waals surface area contributed by atoms with Gasteiger partial charge in [-0.3, -0.25) is 19.3 Å². The molecule has 3 amide bonds. The second kappa shape index (κ2) is 8.05. The second-order valence-corrected chi connectivity index (χ2v) is 8.47. The minimum atomic E-state index is -0.949. The topological polar surface area (TPSA) is 66.9 Å². The van der Waals surface area contributed by atoms with Gasteiger partial charge in [-0.2, -0.15) is 0 Å². The molecule has 3 aromatic carbocycles. The number of carbonyl (C=O) groups excluding carboxylic acids is 3. The fourth-order valence-electron chi connectivity index (χ4n) is 4.46. The number of imide groups is 1. The van der Waals surface area contributed by atoms with Gasteiger partial charge < -0.3 is 9.64 Å². The van der Waals surface area contributed by atoms with Gasteiger partial charge in [0.05, 0.1) is 23.8 Å². The minimum absolute atomic E-state index is 0.317. The molecule has 0 N–H and O–H groups in total. The summed E-state index contributed by atoms with van der Waals surface area (Å²) in [5, 5.41) is 0.537. The van der Waals surface area contributed by atoms with Crippen LogP contribution in [0.3, 0.4) is 0 Å². The van der Waals surface area contributed by atoms with Gasteiger partial charge in [0.2, 0.25) is 0 Å². The number of nitrogens with zero attached hydrogens (tertiary/aromatic N) is 2. The normalized spacial score (nSPS) is 19.5. The first-order chi connectivity index (χ1) is 15.9. The molecule has 0 saturated carbocycles. The molecule has 3 aromatic rings. The third-order valence-electron chi connectivity index (χ3n) is 6.14. The van der Waals surface area contributed by atoms with Crippen LogP contribution in [0.5, 0.6) is 5.75 Å². The molecule has 1 saturated heterocycles. The lowest BCUT2D eigenvalue weighted by Gasteiger charge is -2.49. The minimum Gasteiger partial charge on any atom is -0.494 e. The number of rotatable bonds is 5. The number of anilines is 1. The maximum Gasteiger partial charge on any atom is 0.262 e. The van der Waals surface area contributed by atoms with E-state index in [2.05, 4.69) is 0 Å². The lowest BCUT2D eigenvalue weighted by atomic mass is 9.86. The van der Waals surface area contributed by atoms with E-state index < -0.39 is 23.9 Å². The first kappa shape index (κ1) is 21.2. The number of halogens is 1. The zero-order chi connectivity index (χ0) is 23.3. The van der Waals surface area contributed by atoms with Crippen molar-refractivity contribution < 1.29 is 19.1 Å². The first-order valence-electron chi connectivity index (χ1n) is 10.7. The van der Waals surface area contributed by atoms with Crippen molar-refractivity contribution in [2.24, 2.45) is 0 Å². The fraction of sp³-hybridized carbons (Fsp3) is 0.192. The van der Waals surface area contributed by atoms with Crippen LogP contribution < -0.4 is 9.64 Å². The Labute approximate surface area is 196 Å². The summed E-state index contributed by atoms with van der Waals surface area (Å²) in [6.07, 6.45) is 0. The summed E-state index contributed by atoms with van der Waals surface area (Å²) in [7, 11) is 0. The van der Waals surface area contributed by atoms with Gasteiger partial charge in [0.15, 0.2) is 0 Å². The Balaban J connectivity index is 1.57. The second-order valence-electron chi connectivity index (χ2n) is 8.06. The zero-order valence-electron chi connectivity index (χ0n) is 18.1. The molecule has 7 heteroatoms. The number of benzene rings is 3. The van der Waals surface area contributed by atoms with Crippen LogP contribution in [-0.2, 0) is 4.79 Å². The van der Waals surface area contributed by atoms with E-state index in [-0.39, 0.29) is 5.91 Å². The zero-order valence-corrected chi connectivity index (χ0v) is 18.9. The Hall–Kier alpha value is -3.64. The van der Waals surface area contributed by atoms with E-state index in [1.54, 1.807) is 35.2 Å². The van der Waals surface area contributed by atoms with Gasteiger partial charge in [0, 0.05) is 10.7 Å². The van der Waals surface area contributed by atoms with Gasteiger partial charge in [0.1, 0.15) is 11.8 Å². The van der Waals surface area contributed by atoms with E-state index in [4.69, 9.17) is 16.3 Å². The van der Waals surface area contributed by atoms with Crippen LogP contribution in [0.4, 0.5) is 5.69 Å². The van der Waals surface area contributed by atoms with Crippen molar-refractivity contribution in [2.45, 2.75) is 25.9 Å². The molecule has 6 nitrogen and oxygen atoms in total. The van der Waals surface area contributed by atoms with Crippen LogP contribution in [0.2, 0.25) is 5.02 Å². The number of fused-ring (bicyclic) bond motifs is 1. The summed E-state index contributed by atoms with van der Waals surface area (Å²) < 4.78 is 5.54. The quantitative estimate of drug-likeness (QED) is 0.405. The van der Waals surface area contributed by atoms with Crippen molar-refractivity contribution in [3.63, 3.8) is 0 Å². The molecule has 1 fully saturated rings. The van der Waals surface area contributed by atoms with Crippen LogP contribution in [0, 0.1) is 6.92 Å². The Morgan fingerprint density at radius 1 is 0.848 bits per heavy atom. The highest BCUT2D eigenvalue weighted by atomic mass is 35.5. The third kappa shape index (κ3) is 3.29. The molecule has 2 aliphatic rings. The predicted molar refractivity (Wildman–Crippen MR) is 125 cm³/mol. The SMILES string of the molecule is CCOc1ccc([C@@H]2[C@@H](N3C(=O)c4ccccc4C3=O)C(=O)N2c2ccc(C)c(Cl)c2)cc1. The van der Waals surface area contributed by atoms with Crippen LogP contribution in [0.25, 0.3) is 0 Å². The fourth-order valence-corrected chi connectivity index (χ4v) is 4.64. The van der Waals surface area contributed by atoms with Crippen molar-refractivity contribution >= 4 is 35.0 Å². The molecule has 2 aliphatic heterocycles. The van der Waals surface area contributed by atoms with E-state index in [0.29, 0.717) is 34.2 Å². The maximum absolute atomic E-state index is 13.5. The van der Waals surface area contributed by atoms with Crippen molar-refractivity contribution in [2.75, 3.05) is 11.5 Å². The Kier molecular flexibility index (Phi) is 5.17. The van der Waals surface area contributed by atoms with E-state index in [1.807, 2.05) is 50.2 Å². The van der Waals surface area contributed by atoms with Crippen LogP contribution in [-0.4, -0.2) is 35.3 Å². The van der Waals surface area contributed by atoms with E-state index in [9.17, 15) is 14.4 Å². The summed E-state index contributed by atoms with van der Waals surface area (Å²) in [6.45, 7) is 4.32. The molecule has 0 aliphatic carbocycles. The molecular weight excluding hydrogens is 440 g/mol. The standard InChI is InChI=1S/C26H21ClN2O4/c1-3-33-18-12-9-16(10-13-18)22-23(26(32)28(22)17-11-8-15(2)21(27)14-17)29-24(30)19-6-4-5-7-20(19)25(29)31/h4-14,22-23H,3H2,1-2H3/t22-,23-/m1/s1. The smallest absolute Gasteiger partial charge is 0.262 e. The van der Waals surface area contributed by atoms with E-state index in [1.165, 1.54) is 0 Å². The Bertz CT molecular complexity index is 1250. The molecular formula is C26H21ClN2O4. The Morgan fingerprint density at radius 2 is 1.48 bits per heavy atom. The highest BCUT2D eigenvalue weighted by Crippen LogP contribution is 2.45. The predicted octanol–water partition coefficient (Wildman–Crippen LogP) is 4.80. The first-order valence-corrected chi connectivity index (χ1v) is 11.1. The molecule has 166 valence electrons. The molecule has 5 rings (SSSR count). The van der Waals surface area contributed by atoms with Gasteiger partial charge in [-0.1, -0.05) is 41.9 Å². The average molecular weight is 461 g/mol. The summed E-state index contributed by atoms with van der Waals surface area (Å²) in [6, 6.07) is 17.9. The summed E-state index contributed by atoms with van der Waals surface area (Å²) in [5.74, 6) is -0.532. The lowest BCUT2D eigenvalue weighted by molar-refractivity contribution is -0.130. The highest BCUT2D eigenvalue weighted by Gasteiger charge is 2.57. The summed E-state index contributed by atoms with van der Waals surface area (Å²) >= 11 is 6.33. The molecule has 0 unspecified atom stereocenters. The number of carbonyl (C=O) groups is 3. The van der Waals surface area contributed by atoms with Crippen LogP contribution in [0.15, 0.2) is 66.7 Å². The van der Waals surface area contributed by atoms with Crippen molar-refractivity contribution in [3.8, 4) is 5.75 Å². The van der Waals surface area contributed by atoms with Crippen LogP contribution >= 0.6 is 11.6 Å². The molecule has 0 aromatic heterocycles. The van der Waals surface area contributed by atoms with Gasteiger partial charge in [-0.25, -0.2) is 0 Å². The summed E-state index contributed by atoms with van der Waals surface area (Å²) in [4.78, 5) is 42.4. The number of ether oxygens (including phenoxy) is 1. The van der Waals surface area contributed by atoms with Gasteiger partial charge in [0.25, 0.3) is 17.7 Å². The molecule has 0 radical (unpaired) electrons.